The number of nitrogens with zero attached hydrogens (tertiary/aromatic N) is 2. The van der Waals surface area contributed by atoms with Crippen molar-refractivity contribution in [1.29, 1.82) is 0 Å². The molecule has 3 nitrogen and oxygen atoms in total. The Bertz CT molecular complexity index is 383. The standard InChI is InChI=1S/C16H27N3/c1-14-5-4-6-16(13-14)19-11-9-18(10-12-19)8-7-15(2)17-3/h4-6,13,15,17H,7-12H2,1-3H3. The van der Waals surface area contributed by atoms with Gasteiger partial charge in [0, 0.05) is 37.9 Å². The number of hydrogen-bond donors (Lipinski definition) is 1. The molecule has 3 heteroatoms. The number of rotatable bonds is 5. The van der Waals surface area contributed by atoms with Crippen LogP contribution in [0.25, 0.3) is 0 Å². The summed E-state index contributed by atoms with van der Waals surface area (Å²) in [5.74, 6) is 0. The summed E-state index contributed by atoms with van der Waals surface area (Å²) in [7, 11) is 2.04. The summed E-state index contributed by atoms with van der Waals surface area (Å²) in [6, 6.07) is 9.46. The maximum absolute atomic E-state index is 3.31. The van der Waals surface area contributed by atoms with E-state index in [2.05, 4.69) is 53.2 Å². The van der Waals surface area contributed by atoms with Crippen molar-refractivity contribution in [3.8, 4) is 0 Å². The highest BCUT2D eigenvalue weighted by molar-refractivity contribution is 5.48. The number of anilines is 1. The van der Waals surface area contributed by atoms with Crippen LogP contribution in [0.15, 0.2) is 24.3 Å². The molecular formula is C16H27N3. The van der Waals surface area contributed by atoms with Crippen molar-refractivity contribution in [2.45, 2.75) is 26.3 Å². The van der Waals surface area contributed by atoms with Crippen LogP contribution in [0.5, 0.6) is 0 Å². The van der Waals surface area contributed by atoms with Gasteiger partial charge in [-0.1, -0.05) is 12.1 Å². The van der Waals surface area contributed by atoms with Crippen LogP contribution in [0.3, 0.4) is 0 Å². The first-order valence-corrected chi connectivity index (χ1v) is 7.40. The van der Waals surface area contributed by atoms with Crippen LogP contribution in [0, 0.1) is 6.92 Å². The summed E-state index contributed by atoms with van der Waals surface area (Å²) in [5, 5.41) is 3.31. The predicted molar refractivity (Wildman–Crippen MR) is 83.0 cm³/mol. The molecule has 1 aromatic rings. The van der Waals surface area contributed by atoms with E-state index in [1.165, 1.54) is 37.3 Å². The smallest absolute Gasteiger partial charge is 0.0369 e. The van der Waals surface area contributed by atoms with Crippen molar-refractivity contribution >= 4 is 5.69 Å². The summed E-state index contributed by atoms with van der Waals surface area (Å²) in [5.41, 5.74) is 2.73. The minimum Gasteiger partial charge on any atom is -0.369 e. The Kier molecular flexibility index (Phi) is 5.23. The van der Waals surface area contributed by atoms with Crippen LogP contribution in [0.4, 0.5) is 5.69 Å². The molecule has 19 heavy (non-hydrogen) atoms. The Morgan fingerprint density at radius 2 is 1.95 bits per heavy atom. The van der Waals surface area contributed by atoms with Gasteiger partial charge in [0.1, 0.15) is 0 Å². The first-order valence-electron chi connectivity index (χ1n) is 7.40. The zero-order chi connectivity index (χ0) is 13.7. The second-order valence-corrected chi connectivity index (χ2v) is 5.65. The molecule has 1 heterocycles. The lowest BCUT2D eigenvalue weighted by Crippen LogP contribution is -2.47. The molecule has 1 N–H and O–H groups in total. The maximum atomic E-state index is 3.31. The third-order valence-corrected chi connectivity index (χ3v) is 4.11. The Labute approximate surface area is 117 Å². The van der Waals surface area contributed by atoms with Crippen LogP contribution in [0.1, 0.15) is 18.9 Å². The SMILES string of the molecule is CNC(C)CCN1CCN(c2cccc(C)c2)CC1. The third kappa shape index (κ3) is 4.22. The van der Waals surface area contributed by atoms with Crippen molar-refractivity contribution in [3.63, 3.8) is 0 Å². The average Bonchev–Trinajstić information content (AvgIpc) is 2.45. The lowest BCUT2D eigenvalue weighted by atomic mass is 10.1. The second kappa shape index (κ2) is 6.92. The number of hydrogen-bond acceptors (Lipinski definition) is 3. The van der Waals surface area contributed by atoms with Crippen LogP contribution >= 0.6 is 0 Å². The monoisotopic (exact) mass is 261 g/mol. The summed E-state index contributed by atoms with van der Waals surface area (Å²) in [6.07, 6.45) is 1.24. The number of aryl methyl sites for hydroxylation is 1. The fourth-order valence-electron chi connectivity index (χ4n) is 2.57. The van der Waals surface area contributed by atoms with Crippen LogP contribution < -0.4 is 10.2 Å². The van der Waals surface area contributed by atoms with E-state index in [0.717, 1.165) is 13.1 Å². The van der Waals surface area contributed by atoms with Gasteiger partial charge in [0.05, 0.1) is 0 Å². The minimum atomic E-state index is 0.620. The Morgan fingerprint density at radius 1 is 1.21 bits per heavy atom. The van der Waals surface area contributed by atoms with Gasteiger partial charge in [-0.15, -0.1) is 0 Å². The quantitative estimate of drug-likeness (QED) is 0.876. The van der Waals surface area contributed by atoms with E-state index < -0.39 is 0 Å². The molecule has 1 fully saturated rings. The van der Waals surface area contributed by atoms with Gasteiger partial charge in [0.15, 0.2) is 0 Å². The van der Waals surface area contributed by atoms with E-state index in [1.807, 2.05) is 7.05 Å². The van der Waals surface area contributed by atoms with Gasteiger partial charge >= 0.3 is 0 Å². The normalized spacial score (nSPS) is 18.6. The van der Waals surface area contributed by atoms with Crippen molar-refractivity contribution < 1.29 is 0 Å². The average molecular weight is 261 g/mol. The summed E-state index contributed by atoms with van der Waals surface area (Å²) < 4.78 is 0. The van der Waals surface area contributed by atoms with E-state index >= 15 is 0 Å². The fraction of sp³-hybridized carbons (Fsp3) is 0.625. The molecule has 0 radical (unpaired) electrons. The minimum absolute atomic E-state index is 0.620. The highest BCUT2D eigenvalue weighted by atomic mass is 15.3. The first kappa shape index (κ1) is 14.4. The lowest BCUT2D eigenvalue weighted by molar-refractivity contribution is 0.246. The van der Waals surface area contributed by atoms with Gasteiger partial charge in [0.2, 0.25) is 0 Å². The molecule has 0 spiro atoms. The van der Waals surface area contributed by atoms with Crippen molar-refractivity contribution in [1.82, 2.24) is 10.2 Å². The van der Waals surface area contributed by atoms with Gasteiger partial charge < -0.3 is 10.2 Å². The summed E-state index contributed by atoms with van der Waals surface area (Å²) >= 11 is 0. The largest absolute Gasteiger partial charge is 0.369 e. The molecule has 106 valence electrons. The molecule has 1 aromatic carbocycles. The lowest BCUT2D eigenvalue weighted by Gasteiger charge is -2.36. The van der Waals surface area contributed by atoms with Crippen molar-refractivity contribution in [3.05, 3.63) is 29.8 Å². The van der Waals surface area contributed by atoms with Crippen LogP contribution in [0.2, 0.25) is 0 Å². The molecular weight excluding hydrogens is 234 g/mol. The molecule has 1 aliphatic heterocycles. The molecule has 1 aliphatic rings. The molecule has 1 atom stereocenters. The van der Waals surface area contributed by atoms with Crippen LogP contribution in [-0.4, -0.2) is 50.7 Å². The Morgan fingerprint density at radius 3 is 2.58 bits per heavy atom. The molecule has 0 aromatic heterocycles. The van der Waals surface area contributed by atoms with Crippen LogP contribution in [-0.2, 0) is 0 Å². The zero-order valence-electron chi connectivity index (χ0n) is 12.5. The van der Waals surface area contributed by atoms with E-state index in [-0.39, 0.29) is 0 Å². The van der Waals surface area contributed by atoms with E-state index in [0.29, 0.717) is 6.04 Å². The van der Waals surface area contributed by atoms with E-state index in [1.54, 1.807) is 0 Å². The molecule has 0 bridgehead atoms. The highest BCUT2D eigenvalue weighted by Gasteiger charge is 2.17. The highest BCUT2D eigenvalue weighted by Crippen LogP contribution is 2.17. The van der Waals surface area contributed by atoms with E-state index in [9.17, 15) is 0 Å². The fourth-order valence-corrected chi connectivity index (χ4v) is 2.57. The van der Waals surface area contributed by atoms with Gasteiger partial charge in [-0.05, 0) is 51.6 Å². The first-order chi connectivity index (χ1) is 9.19. The van der Waals surface area contributed by atoms with Gasteiger partial charge in [0.25, 0.3) is 0 Å². The summed E-state index contributed by atoms with van der Waals surface area (Å²) in [4.78, 5) is 5.09. The topological polar surface area (TPSA) is 18.5 Å². The van der Waals surface area contributed by atoms with Crippen molar-refractivity contribution in [2.75, 3.05) is 44.7 Å². The number of piperazine rings is 1. The molecule has 0 saturated carbocycles. The van der Waals surface area contributed by atoms with Crippen molar-refractivity contribution in [2.24, 2.45) is 0 Å². The zero-order valence-corrected chi connectivity index (χ0v) is 12.5. The molecule has 1 unspecified atom stereocenters. The molecule has 0 amide bonds. The van der Waals surface area contributed by atoms with Gasteiger partial charge in [-0.25, -0.2) is 0 Å². The number of nitrogens with one attached hydrogen (secondary N) is 1. The Balaban J connectivity index is 1.79. The predicted octanol–water partition coefficient (Wildman–Crippen LogP) is 2.12. The third-order valence-electron chi connectivity index (χ3n) is 4.11. The van der Waals surface area contributed by atoms with E-state index in [4.69, 9.17) is 0 Å². The van der Waals surface area contributed by atoms with Gasteiger partial charge in [-0.2, -0.15) is 0 Å². The van der Waals surface area contributed by atoms with Gasteiger partial charge in [-0.3, -0.25) is 4.90 Å². The second-order valence-electron chi connectivity index (χ2n) is 5.65. The summed E-state index contributed by atoms with van der Waals surface area (Å²) in [6.45, 7) is 10.3. The maximum Gasteiger partial charge on any atom is 0.0369 e. The molecule has 1 saturated heterocycles. The Hall–Kier alpha value is -1.06. The molecule has 0 aliphatic carbocycles. The number of benzene rings is 1. The molecule has 2 rings (SSSR count).